The van der Waals surface area contributed by atoms with E-state index in [-0.39, 0.29) is 17.7 Å². The van der Waals surface area contributed by atoms with Crippen LogP contribution in [0.1, 0.15) is 24.0 Å². The number of benzene rings is 1. The van der Waals surface area contributed by atoms with E-state index in [9.17, 15) is 9.59 Å². The van der Waals surface area contributed by atoms with Crippen molar-refractivity contribution in [2.24, 2.45) is 5.92 Å². The molecule has 2 amide bonds. The molecular formula is C14H17BrN2O2. The number of halogens is 1. The molecular weight excluding hydrogens is 308 g/mol. The van der Waals surface area contributed by atoms with Gasteiger partial charge in [-0.05, 0) is 43.5 Å². The Kier molecular flexibility index (Phi) is 4.24. The van der Waals surface area contributed by atoms with Crippen molar-refractivity contribution in [2.45, 2.75) is 26.7 Å². The van der Waals surface area contributed by atoms with Crippen LogP contribution in [0.5, 0.6) is 0 Å². The normalized spacial score (nSPS) is 18.9. The highest BCUT2D eigenvalue weighted by Gasteiger charge is 2.25. The van der Waals surface area contributed by atoms with E-state index in [0.717, 1.165) is 21.3 Å². The number of carbonyl (C=O) groups excluding carboxylic acids is 2. The van der Waals surface area contributed by atoms with Crippen LogP contribution in [0, 0.1) is 19.8 Å². The Balaban J connectivity index is 2.09. The Morgan fingerprint density at radius 2 is 2.00 bits per heavy atom. The first-order valence-corrected chi connectivity index (χ1v) is 7.11. The van der Waals surface area contributed by atoms with Crippen LogP contribution in [0.2, 0.25) is 0 Å². The van der Waals surface area contributed by atoms with Crippen molar-refractivity contribution in [1.29, 1.82) is 0 Å². The van der Waals surface area contributed by atoms with E-state index in [1.807, 2.05) is 26.0 Å². The fourth-order valence-electron chi connectivity index (χ4n) is 2.29. The molecule has 2 N–H and O–H groups in total. The number of hydrogen-bond acceptors (Lipinski definition) is 2. The number of rotatable bonds is 2. The molecule has 102 valence electrons. The second kappa shape index (κ2) is 5.74. The lowest BCUT2D eigenvalue weighted by Crippen LogP contribution is -2.40. The Morgan fingerprint density at radius 3 is 2.53 bits per heavy atom. The van der Waals surface area contributed by atoms with Gasteiger partial charge in [0.05, 0.1) is 5.92 Å². The fourth-order valence-corrected chi connectivity index (χ4v) is 2.98. The van der Waals surface area contributed by atoms with Crippen LogP contribution < -0.4 is 10.6 Å². The lowest BCUT2D eigenvalue weighted by atomic mass is 9.98. The molecule has 1 atom stereocenters. The van der Waals surface area contributed by atoms with Crippen molar-refractivity contribution < 1.29 is 9.59 Å². The van der Waals surface area contributed by atoms with Crippen LogP contribution in [-0.2, 0) is 9.59 Å². The van der Waals surface area contributed by atoms with E-state index in [1.54, 1.807) is 0 Å². The molecule has 1 aromatic rings. The van der Waals surface area contributed by atoms with Gasteiger partial charge in [0.1, 0.15) is 0 Å². The second-order valence-corrected chi connectivity index (χ2v) is 5.86. The number of carbonyl (C=O) groups is 2. The van der Waals surface area contributed by atoms with Crippen LogP contribution in [0.15, 0.2) is 16.6 Å². The first-order valence-electron chi connectivity index (χ1n) is 6.31. The third-order valence-corrected chi connectivity index (χ3v) is 3.84. The molecule has 1 unspecified atom stereocenters. The average molecular weight is 325 g/mol. The minimum atomic E-state index is -0.139. The smallest absolute Gasteiger partial charge is 0.229 e. The number of piperidine rings is 1. The summed E-state index contributed by atoms with van der Waals surface area (Å²) < 4.78 is 1.01. The van der Waals surface area contributed by atoms with Crippen LogP contribution >= 0.6 is 15.9 Å². The standard InChI is InChI=1S/C14H17BrN2O2/c1-8-5-11(15)6-9(2)13(8)17-14(19)10-3-4-12(18)16-7-10/h5-6,10H,3-4,7H2,1-2H3,(H,16,18)(H,17,19). The van der Waals surface area contributed by atoms with E-state index in [4.69, 9.17) is 0 Å². The van der Waals surface area contributed by atoms with Crippen molar-refractivity contribution in [3.05, 3.63) is 27.7 Å². The number of anilines is 1. The predicted octanol–water partition coefficient (Wildman–Crippen LogP) is 2.53. The quantitative estimate of drug-likeness (QED) is 0.878. The molecule has 4 nitrogen and oxygen atoms in total. The SMILES string of the molecule is Cc1cc(Br)cc(C)c1NC(=O)C1CCC(=O)NC1. The highest BCUT2D eigenvalue weighted by molar-refractivity contribution is 9.10. The molecule has 0 radical (unpaired) electrons. The number of hydrogen-bond donors (Lipinski definition) is 2. The van der Waals surface area contributed by atoms with Gasteiger partial charge in [-0.25, -0.2) is 0 Å². The van der Waals surface area contributed by atoms with Gasteiger partial charge in [-0.1, -0.05) is 15.9 Å². The zero-order chi connectivity index (χ0) is 14.0. The highest BCUT2D eigenvalue weighted by Crippen LogP contribution is 2.26. The largest absolute Gasteiger partial charge is 0.355 e. The highest BCUT2D eigenvalue weighted by atomic mass is 79.9. The van der Waals surface area contributed by atoms with E-state index < -0.39 is 0 Å². The summed E-state index contributed by atoms with van der Waals surface area (Å²) in [6.07, 6.45) is 1.04. The maximum absolute atomic E-state index is 12.2. The lowest BCUT2D eigenvalue weighted by Gasteiger charge is -2.22. The van der Waals surface area contributed by atoms with Crippen molar-refractivity contribution in [2.75, 3.05) is 11.9 Å². The number of aryl methyl sites for hydroxylation is 2. The molecule has 5 heteroatoms. The zero-order valence-electron chi connectivity index (χ0n) is 11.0. The van der Waals surface area contributed by atoms with Gasteiger partial charge < -0.3 is 10.6 Å². The van der Waals surface area contributed by atoms with E-state index in [1.165, 1.54) is 0 Å². The van der Waals surface area contributed by atoms with Crippen molar-refractivity contribution >= 4 is 33.4 Å². The van der Waals surface area contributed by atoms with Crippen molar-refractivity contribution in [1.82, 2.24) is 5.32 Å². The van der Waals surface area contributed by atoms with Gasteiger partial charge in [-0.2, -0.15) is 0 Å². The van der Waals surface area contributed by atoms with E-state index in [0.29, 0.717) is 19.4 Å². The first-order chi connectivity index (χ1) is 8.97. The topological polar surface area (TPSA) is 58.2 Å². The van der Waals surface area contributed by atoms with Crippen LogP contribution in [0.4, 0.5) is 5.69 Å². The molecule has 1 aliphatic heterocycles. The summed E-state index contributed by atoms with van der Waals surface area (Å²) in [5.41, 5.74) is 2.92. The van der Waals surface area contributed by atoms with Gasteiger partial charge in [0.2, 0.25) is 11.8 Å². The molecule has 1 heterocycles. The number of nitrogens with one attached hydrogen (secondary N) is 2. The summed E-state index contributed by atoms with van der Waals surface area (Å²) in [5, 5.41) is 5.71. The van der Waals surface area contributed by atoms with Crippen LogP contribution in [0.3, 0.4) is 0 Å². The molecule has 1 aliphatic rings. The molecule has 2 rings (SSSR count). The summed E-state index contributed by atoms with van der Waals surface area (Å²) >= 11 is 3.44. The summed E-state index contributed by atoms with van der Waals surface area (Å²) in [7, 11) is 0. The maximum atomic E-state index is 12.2. The Morgan fingerprint density at radius 1 is 1.37 bits per heavy atom. The second-order valence-electron chi connectivity index (χ2n) is 4.94. The molecule has 1 fully saturated rings. The van der Waals surface area contributed by atoms with Gasteiger partial charge in [-0.15, -0.1) is 0 Å². The Hall–Kier alpha value is -1.36. The molecule has 0 spiro atoms. The van der Waals surface area contributed by atoms with Crippen LogP contribution in [0.25, 0.3) is 0 Å². The summed E-state index contributed by atoms with van der Waals surface area (Å²) in [6.45, 7) is 4.37. The minimum Gasteiger partial charge on any atom is -0.355 e. The maximum Gasteiger partial charge on any atom is 0.229 e. The van der Waals surface area contributed by atoms with Gasteiger partial charge >= 0.3 is 0 Å². The molecule has 0 aliphatic carbocycles. The Labute approximate surface area is 121 Å². The van der Waals surface area contributed by atoms with Gasteiger partial charge in [-0.3, -0.25) is 9.59 Å². The molecule has 19 heavy (non-hydrogen) atoms. The molecule has 0 bridgehead atoms. The van der Waals surface area contributed by atoms with Gasteiger partial charge in [0.15, 0.2) is 0 Å². The van der Waals surface area contributed by atoms with Gasteiger partial charge in [0, 0.05) is 23.1 Å². The summed E-state index contributed by atoms with van der Waals surface area (Å²) in [4.78, 5) is 23.3. The first kappa shape index (κ1) is 14.1. The summed E-state index contributed by atoms with van der Waals surface area (Å²) in [6, 6.07) is 3.95. The zero-order valence-corrected chi connectivity index (χ0v) is 12.6. The molecule has 0 aromatic heterocycles. The van der Waals surface area contributed by atoms with Crippen molar-refractivity contribution in [3.8, 4) is 0 Å². The van der Waals surface area contributed by atoms with E-state index >= 15 is 0 Å². The average Bonchev–Trinajstić information content (AvgIpc) is 2.34. The van der Waals surface area contributed by atoms with Gasteiger partial charge in [0.25, 0.3) is 0 Å². The molecule has 1 saturated heterocycles. The third-order valence-electron chi connectivity index (χ3n) is 3.38. The minimum absolute atomic E-state index is 0.0199. The molecule has 0 saturated carbocycles. The molecule has 1 aromatic carbocycles. The fraction of sp³-hybridized carbons (Fsp3) is 0.429. The number of amides is 2. The van der Waals surface area contributed by atoms with Crippen molar-refractivity contribution in [3.63, 3.8) is 0 Å². The predicted molar refractivity (Wildman–Crippen MR) is 78.0 cm³/mol. The monoisotopic (exact) mass is 324 g/mol. The summed E-state index contributed by atoms with van der Waals surface area (Å²) in [5.74, 6) is -0.131. The third kappa shape index (κ3) is 3.35. The lowest BCUT2D eigenvalue weighted by molar-refractivity contribution is -0.126. The van der Waals surface area contributed by atoms with Crippen LogP contribution in [-0.4, -0.2) is 18.4 Å². The Bertz CT molecular complexity index is 495. The van der Waals surface area contributed by atoms with E-state index in [2.05, 4.69) is 26.6 Å².